The van der Waals surface area contributed by atoms with Gasteiger partial charge in [0.25, 0.3) is 0 Å². The summed E-state index contributed by atoms with van der Waals surface area (Å²) in [6.07, 6.45) is 2.89. The Morgan fingerprint density at radius 3 is 2.84 bits per heavy atom. The molecule has 0 aliphatic heterocycles. The molecule has 2 aromatic heterocycles. The average molecular weight is 361 g/mol. The SMILES string of the molecule is CCCc1nc(Br)cc(NCCc2ccc(Cl)s2)n1. The van der Waals surface area contributed by atoms with Crippen LogP contribution in [0.3, 0.4) is 0 Å². The van der Waals surface area contributed by atoms with E-state index in [1.165, 1.54) is 4.88 Å². The van der Waals surface area contributed by atoms with Gasteiger partial charge in [0.1, 0.15) is 16.2 Å². The maximum Gasteiger partial charge on any atom is 0.132 e. The Kier molecular flexibility index (Phi) is 5.60. The maximum absolute atomic E-state index is 5.90. The van der Waals surface area contributed by atoms with Gasteiger partial charge in [-0.05, 0) is 40.9 Å². The number of anilines is 1. The summed E-state index contributed by atoms with van der Waals surface area (Å²) in [7, 11) is 0. The van der Waals surface area contributed by atoms with Crippen molar-refractivity contribution in [1.29, 1.82) is 0 Å². The molecule has 0 atom stereocenters. The molecule has 0 aliphatic rings. The summed E-state index contributed by atoms with van der Waals surface area (Å²) in [6.45, 7) is 2.96. The van der Waals surface area contributed by atoms with Gasteiger partial charge in [-0.25, -0.2) is 9.97 Å². The van der Waals surface area contributed by atoms with Crippen LogP contribution in [0.5, 0.6) is 0 Å². The van der Waals surface area contributed by atoms with Crippen LogP contribution in [0.4, 0.5) is 5.82 Å². The fourth-order valence-electron chi connectivity index (χ4n) is 1.69. The number of aryl methyl sites for hydroxylation is 1. The first kappa shape index (κ1) is 14.8. The zero-order valence-corrected chi connectivity index (χ0v) is 13.8. The summed E-state index contributed by atoms with van der Waals surface area (Å²) in [5, 5.41) is 3.32. The summed E-state index contributed by atoms with van der Waals surface area (Å²) in [5.41, 5.74) is 0. The first-order chi connectivity index (χ1) is 9.17. The summed E-state index contributed by atoms with van der Waals surface area (Å²) >= 11 is 10.9. The van der Waals surface area contributed by atoms with E-state index < -0.39 is 0 Å². The van der Waals surface area contributed by atoms with Crippen molar-refractivity contribution in [3.05, 3.63) is 37.8 Å². The molecule has 2 heterocycles. The summed E-state index contributed by atoms with van der Waals surface area (Å²) in [6, 6.07) is 5.90. The predicted octanol–water partition coefficient (Wildman–Crippen LogP) is 4.56. The predicted molar refractivity (Wildman–Crippen MR) is 85.2 cm³/mol. The zero-order valence-electron chi connectivity index (χ0n) is 10.6. The van der Waals surface area contributed by atoms with Crippen LogP contribution in [0, 0.1) is 0 Å². The first-order valence-electron chi connectivity index (χ1n) is 6.19. The second kappa shape index (κ2) is 7.22. The van der Waals surface area contributed by atoms with Crippen molar-refractivity contribution in [1.82, 2.24) is 9.97 Å². The molecule has 2 aromatic rings. The molecule has 0 spiro atoms. The third-order valence-electron chi connectivity index (χ3n) is 2.52. The van der Waals surface area contributed by atoms with Crippen LogP contribution >= 0.6 is 38.9 Å². The van der Waals surface area contributed by atoms with Crippen LogP contribution in [0.15, 0.2) is 22.8 Å². The molecule has 0 unspecified atom stereocenters. The lowest BCUT2D eigenvalue weighted by atomic mass is 10.3. The molecule has 0 saturated heterocycles. The molecular weight excluding hydrogens is 346 g/mol. The molecule has 2 rings (SSSR count). The standard InChI is InChI=1S/C13H15BrClN3S/c1-2-3-12-17-10(14)8-13(18-12)16-7-6-9-4-5-11(15)19-9/h4-5,8H,2-3,6-7H2,1H3,(H,16,17,18). The third kappa shape index (κ3) is 4.75. The van der Waals surface area contributed by atoms with Gasteiger partial charge >= 0.3 is 0 Å². The topological polar surface area (TPSA) is 37.8 Å². The van der Waals surface area contributed by atoms with Crippen molar-refractivity contribution in [2.24, 2.45) is 0 Å². The Labute approximate surface area is 130 Å². The molecule has 0 aromatic carbocycles. The highest BCUT2D eigenvalue weighted by Crippen LogP contribution is 2.21. The number of nitrogens with one attached hydrogen (secondary N) is 1. The zero-order chi connectivity index (χ0) is 13.7. The maximum atomic E-state index is 5.90. The lowest BCUT2D eigenvalue weighted by molar-refractivity contribution is 0.827. The molecule has 0 radical (unpaired) electrons. The normalized spacial score (nSPS) is 10.7. The van der Waals surface area contributed by atoms with Gasteiger partial charge in [0.2, 0.25) is 0 Å². The third-order valence-corrected chi connectivity index (χ3v) is 4.22. The van der Waals surface area contributed by atoms with Crippen molar-refractivity contribution >= 4 is 44.7 Å². The van der Waals surface area contributed by atoms with Gasteiger partial charge < -0.3 is 5.32 Å². The molecule has 0 bridgehead atoms. The molecule has 0 amide bonds. The van der Waals surface area contributed by atoms with Crippen LogP contribution in [0.2, 0.25) is 4.34 Å². The van der Waals surface area contributed by atoms with Crippen LogP contribution < -0.4 is 5.32 Å². The molecular formula is C13H15BrClN3S. The highest BCUT2D eigenvalue weighted by atomic mass is 79.9. The van der Waals surface area contributed by atoms with Crippen LogP contribution in [0.25, 0.3) is 0 Å². The Balaban J connectivity index is 1.91. The van der Waals surface area contributed by atoms with Gasteiger partial charge in [-0.2, -0.15) is 0 Å². The quantitative estimate of drug-likeness (QED) is 0.767. The molecule has 0 fully saturated rings. The number of nitrogens with zero attached hydrogens (tertiary/aromatic N) is 2. The van der Waals surface area contributed by atoms with Gasteiger partial charge in [0.15, 0.2) is 0 Å². The minimum absolute atomic E-state index is 0.826. The van der Waals surface area contributed by atoms with Gasteiger partial charge in [0, 0.05) is 23.9 Å². The molecule has 0 saturated carbocycles. The van der Waals surface area contributed by atoms with Crippen molar-refractivity contribution in [2.45, 2.75) is 26.2 Å². The molecule has 6 heteroatoms. The lowest BCUT2D eigenvalue weighted by Crippen LogP contribution is -2.07. The summed E-state index contributed by atoms with van der Waals surface area (Å²) in [4.78, 5) is 10.1. The Morgan fingerprint density at radius 1 is 1.32 bits per heavy atom. The number of hydrogen-bond donors (Lipinski definition) is 1. The molecule has 0 aliphatic carbocycles. The van der Waals surface area contributed by atoms with E-state index in [0.717, 1.165) is 46.4 Å². The lowest BCUT2D eigenvalue weighted by Gasteiger charge is -2.07. The second-order valence-electron chi connectivity index (χ2n) is 4.12. The number of hydrogen-bond acceptors (Lipinski definition) is 4. The summed E-state index contributed by atoms with van der Waals surface area (Å²) in [5.74, 6) is 1.74. The number of rotatable bonds is 6. The van der Waals surface area contributed by atoms with Gasteiger partial charge in [-0.15, -0.1) is 11.3 Å². The Bertz CT molecular complexity index is 544. The summed E-state index contributed by atoms with van der Waals surface area (Å²) < 4.78 is 1.66. The first-order valence-corrected chi connectivity index (χ1v) is 8.17. The van der Waals surface area contributed by atoms with Crippen LogP contribution in [0.1, 0.15) is 24.0 Å². The molecule has 19 heavy (non-hydrogen) atoms. The van der Waals surface area contributed by atoms with Gasteiger partial charge in [-0.3, -0.25) is 0 Å². The van der Waals surface area contributed by atoms with E-state index in [0.29, 0.717) is 0 Å². The number of aromatic nitrogens is 2. The molecule has 3 nitrogen and oxygen atoms in total. The fourth-order valence-corrected chi connectivity index (χ4v) is 3.20. The van der Waals surface area contributed by atoms with Crippen molar-refractivity contribution in [3.8, 4) is 0 Å². The van der Waals surface area contributed by atoms with Crippen molar-refractivity contribution in [3.63, 3.8) is 0 Å². The smallest absolute Gasteiger partial charge is 0.132 e. The molecule has 102 valence electrons. The fraction of sp³-hybridized carbons (Fsp3) is 0.385. The minimum atomic E-state index is 0.826. The van der Waals surface area contributed by atoms with E-state index in [1.54, 1.807) is 11.3 Å². The van der Waals surface area contributed by atoms with E-state index in [4.69, 9.17) is 11.6 Å². The highest BCUT2D eigenvalue weighted by Gasteiger charge is 2.03. The number of halogens is 2. The van der Waals surface area contributed by atoms with Gasteiger partial charge in [-0.1, -0.05) is 18.5 Å². The molecule has 1 N–H and O–H groups in total. The largest absolute Gasteiger partial charge is 0.370 e. The van der Waals surface area contributed by atoms with Gasteiger partial charge in [0.05, 0.1) is 4.34 Å². The van der Waals surface area contributed by atoms with E-state index >= 15 is 0 Å². The Hall–Kier alpha value is -0.650. The van der Waals surface area contributed by atoms with E-state index in [9.17, 15) is 0 Å². The van der Waals surface area contributed by atoms with E-state index in [2.05, 4.69) is 44.2 Å². The van der Waals surface area contributed by atoms with Crippen LogP contribution in [-0.4, -0.2) is 16.5 Å². The highest BCUT2D eigenvalue weighted by molar-refractivity contribution is 9.10. The average Bonchev–Trinajstić information content (AvgIpc) is 2.75. The Morgan fingerprint density at radius 2 is 2.16 bits per heavy atom. The van der Waals surface area contributed by atoms with Crippen molar-refractivity contribution in [2.75, 3.05) is 11.9 Å². The second-order valence-corrected chi connectivity index (χ2v) is 6.74. The van der Waals surface area contributed by atoms with E-state index in [-0.39, 0.29) is 0 Å². The van der Waals surface area contributed by atoms with Crippen LogP contribution in [-0.2, 0) is 12.8 Å². The monoisotopic (exact) mass is 359 g/mol. The van der Waals surface area contributed by atoms with E-state index in [1.807, 2.05) is 12.1 Å². The minimum Gasteiger partial charge on any atom is -0.370 e. The number of thiophene rings is 1. The van der Waals surface area contributed by atoms with Crippen molar-refractivity contribution < 1.29 is 0 Å².